The van der Waals surface area contributed by atoms with Gasteiger partial charge in [-0.2, -0.15) is 19.6 Å². The number of fused-ring (bicyclic) bond motifs is 1. The normalized spacial score (nSPS) is 11.0. The molecule has 0 radical (unpaired) electrons. The number of nitrogens with one attached hydrogen (secondary N) is 1. The Morgan fingerprint density at radius 2 is 2.05 bits per heavy atom. The van der Waals surface area contributed by atoms with Gasteiger partial charge in [-0.15, -0.1) is 0 Å². The maximum atomic E-state index is 6.15. The lowest BCUT2D eigenvalue weighted by Gasteiger charge is -2.14. The molecule has 0 bridgehead atoms. The lowest BCUT2D eigenvalue weighted by molar-refractivity contribution is 0.936. The second kappa shape index (κ2) is 5.03. The van der Waals surface area contributed by atoms with E-state index in [2.05, 4.69) is 36.3 Å². The number of anilines is 2. The Kier molecular flexibility index (Phi) is 3.35. The van der Waals surface area contributed by atoms with Gasteiger partial charge < -0.3 is 5.32 Å². The molecular formula is C13H11BrClN5. The van der Waals surface area contributed by atoms with E-state index in [4.69, 9.17) is 11.6 Å². The van der Waals surface area contributed by atoms with Crippen LogP contribution in [0.5, 0.6) is 0 Å². The molecule has 0 fully saturated rings. The van der Waals surface area contributed by atoms with Crippen LogP contribution in [0.1, 0.15) is 11.1 Å². The zero-order valence-corrected chi connectivity index (χ0v) is 13.2. The molecule has 3 aromatic rings. The van der Waals surface area contributed by atoms with E-state index in [0.717, 1.165) is 27.1 Å². The standard InChI is InChI=1S/C13H11BrClN5/c1-7-9(14)4-3-5-10(7)18-12-8(2)11(15)19-13-16-6-17-20(12)13/h3-6,18H,1-2H3. The number of halogens is 2. The van der Waals surface area contributed by atoms with Crippen molar-refractivity contribution in [2.24, 2.45) is 0 Å². The van der Waals surface area contributed by atoms with E-state index in [-0.39, 0.29) is 0 Å². The SMILES string of the molecule is Cc1c(Br)cccc1Nc1c(C)c(Cl)nc2ncnn12. The van der Waals surface area contributed by atoms with Crippen LogP contribution in [0.3, 0.4) is 0 Å². The highest BCUT2D eigenvalue weighted by atomic mass is 79.9. The van der Waals surface area contributed by atoms with Crippen LogP contribution in [0.25, 0.3) is 5.78 Å². The molecule has 0 aliphatic rings. The maximum absolute atomic E-state index is 6.15. The highest BCUT2D eigenvalue weighted by Gasteiger charge is 2.13. The number of hydrogen-bond acceptors (Lipinski definition) is 4. The van der Waals surface area contributed by atoms with E-state index in [0.29, 0.717) is 10.9 Å². The van der Waals surface area contributed by atoms with Crippen LogP contribution in [0.15, 0.2) is 29.0 Å². The van der Waals surface area contributed by atoms with Crippen LogP contribution in [0, 0.1) is 13.8 Å². The molecule has 2 heterocycles. The van der Waals surface area contributed by atoms with Crippen molar-refractivity contribution in [3.63, 3.8) is 0 Å². The molecule has 102 valence electrons. The predicted molar refractivity (Wildman–Crippen MR) is 82.7 cm³/mol. The van der Waals surface area contributed by atoms with Crippen molar-refractivity contribution < 1.29 is 0 Å². The number of hydrogen-bond donors (Lipinski definition) is 1. The van der Waals surface area contributed by atoms with Gasteiger partial charge in [0.2, 0.25) is 0 Å². The first-order valence-corrected chi connectivity index (χ1v) is 7.13. The van der Waals surface area contributed by atoms with Crippen LogP contribution in [-0.2, 0) is 0 Å². The third kappa shape index (κ3) is 2.14. The Bertz CT molecular complexity index is 799. The first-order valence-electron chi connectivity index (χ1n) is 5.96. The van der Waals surface area contributed by atoms with E-state index < -0.39 is 0 Å². The van der Waals surface area contributed by atoms with Gasteiger partial charge in [0, 0.05) is 15.7 Å². The van der Waals surface area contributed by atoms with Crippen LogP contribution in [0.2, 0.25) is 5.15 Å². The molecule has 2 aromatic heterocycles. The summed E-state index contributed by atoms with van der Waals surface area (Å²) in [6, 6.07) is 5.96. The van der Waals surface area contributed by atoms with Gasteiger partial charge in [-0.1, -0.05) is 33.6 Å². The highest BCUT2D eigenvalue weighted by Crippen LogP contribution is 2.29. The third-order valence-corrected chi connectivity index (χ3v) is 4.35. The molecule has 0 amide bonds. The molecule has 0 atom stereocenters. The summed E-state index contributed by atoms with van der Waals surface area (Å²) in [5.41, 5.74) is 2.90. The first kappa shape index (κ1) is 13.3. The molecule has 1 aromatic carbocycles. The average molecular weight is 353 g/mol. The fraction of sp³-hybridized carbons (Fsp3) is 0.154. The van der Waals surface area contributed by atoms with E-state index >= 15 is 0 Å². The second-order valence-electron chi connectivity index (χ2n) is 4.39. The minimum Gasteiger partial charge on any atom is -0.340 e. The molecule has 0 spiro atoms. The van der Waals surface area contributed by atoms with Gasteiger partial charge in [-0.05, 0) is 31.5 Å². The van der Waals surface area contributed by atoms with E-state index in [9.17, 15) is 0 Å². The Labute approximate surface area is 129 Å². The van der Waals surface area contributed by atoms with Crippen LogP contribution in [-0.4, -0.2) is 19.6 Å². The minimum atomic E-state index is 0.417. The van der Waals surface area contributed by atoms with E-state index in [1.54, 1.807) is 4.52 Å². The molecule has 20 heavy (non-hydrogen) atoms. The molecule has 0 saturated heterocycles. The van der Waals surface area contributed by atoms with Gasteiger partial charge in [0.05, 0.1) is 0 Å². The summed E-state index contributed by atoms with van der Waals surface area (Å²) in [7, 11) is 0. The van der Waals surface area contributed by atoms with Gasteiger partial charge >= 0.3 is 0 Å². The zero-order chi connectivity index (χ0) is 14.3. The van der Waals surface area contributed by atoms with Crippen molar-refractivity contribution in [3.05, 3.63) is 45.3 Å². The second-order valence-corrected chi connectivity index (χ2v) is 5.60. The molecule has 1 N–H and O–H groups in total. The monoisotopic (exact) mass is 351 g/mol. The molecule has 0 unspecified atom stereocenters. The molecular weight excluding hydrogens is 342 g/mol. The Morgan fingerprint density at radius 3 is 2.85 bits per heavy atom. The van der Waals surface area contributed by atoms with Crippen molar-refractivity contribution >= 4 is 44.8 Å². The smallest absolute Gasteiger partial charge is 0.255 e. The Morgan fingerprint density at radius 1 is 1.25 bits per heavy atom. The molecule has 0 saturated carbocycles. The van der Waals surface area contributed by atoms with E-state index in [1.165, 1.54) is 6.33 Å². The van der Waals surface area contributed by atoms with Gasteiger partial charge in [-0.25, -0.2) is 0 Å². The largest absolute Gasteiger partial charge is 0.340 e. The quantitative estimate of drug-likeness (QED) is 0.711. The molecule has 5 nitrogen and oxygen atoms in total. The molecule has 0 aliphatic carbocycles. The van der Waals surface area contributed by atoms with Gasteiger partial charge in [0.1, 0.15) is 17.3 Å². The predicted octanol–water partition coefficient (Wildman–Crippen LogP) is 3.90. The summed E-state index contributed by atoms with van der Waals surface area (Å²) in [5.74, 6) is 1.23. The van der Waals surface area contributed by atoms with E-state index in [1.807, 2.05) is 32.0 Å². The molecule has 7 heteroatoms. The maximum Gasteiger partial charge on any atom is 0.255 e. The summed E-state index contributed by atoms with van der Waals surface area (Å²) in [6.45, 7) is 3.93. The number of aromatic nitrogens is 4. The van der Waals surface area contributed by atoms with Gasteiger partial charge in [0.25, 0.3) is 5.78 Å². The summed E-state index contributed by atoms with van der Waals surface area (Å²) < 4.78 is 2.68. The Balaban J connectivity index is 2.17. The third-order valence-electron chi connectivity index (χ3n) is 3.13. The van der Waals surface area contributed by atoms with Crippen molar-refractivity contribution in [1.82, 2.24) is 19.6 Å². The first-order chi connectivity index (χ1) is 9.58. The van der Waals surface area contributed by atoms with Gasteiger partial charge in [-0.3, -0.25) is 0 Å². The molecule has 3 rings (SSSR count). The van der Waals surface area contributed by atoms with Crippen molar-refractivity contribution in [1.29, 1.82) is 0 Å². The zero-order valence-electron chi connectivity index (χ0n) is 10.9. The van der Waals surface area contributed by atoms with Crippen molar-refractivity contribution in [2.75, 3.05) is 5.32 Å². The number of rotatable bonds is 2. The lowest BCUT2D eigenvalue weighted by Crippen LogP contribution is -2.06. The minimum absolute atomic E-state index is 0.417. The Hall–Kier alpha value is -1.66. The summed E-state index contributed by atoms with van der Waals surface area (Å²) in [4.78, 5) is 8.25. The summed E-state index contributed by atoms with van der Waals surface area (Å²) in [5, 5.41) is 7.95. The fourth-order valence-electron chi connectivity index (χ4n) is 1.91. The summed E-state index contributed by atoms with van der Waals surface area (Å²) in [6.07, 6.45) is 1.46. The van der Waals surface area contributed by atoms with Crippen molar-refractivity contribution in [3.8, 4) is 0 Å². The topological polar surface area (TPSA) is 55.1 Å². The van der Waals surface area contributed by atoms with Crippen molar-refractivity contribution in [2.45, 2.75) is 13.8 Å². The van der Waals surface area contributed by atoms with Crippen LogP contribution >= 0.6 is 27.5 Å². The van der Waals surface area contributed by atoms with Crippen LogP contribution in [0.4, 0.5) is 11.5 Å². The number of nitrogens with zero attached hydrogens (tertiary/aromatic N) is 4. The average Bonchev–Trinajstić information content (AvgIpc) is 2.87. The lowest BCUT2D eigenvalue weighted by atomic mass is 10.2. The van der Waals surface area contributed by atoms with Gasteiger partial charge in [0.15, 0.2) is 0 Å². The highest BCUT2D eigenvalue weighted by molar-refractivity contribution is 9.10. The fourth-order valence-corrected chi connectivity index (χ4v) is 2.45. The molecule has 0 aliphatic heterocycles. The summed E-state index contributed by atoms with van der Waals surface area (Å²) >= 11 is 9.67. The van der Waals surface area contributed by atoms with Crippen LogP contribution < -0.4 is 5.32 Å². The number of benzene rings is 1.